The van der Waals surface area contributed by atoms with Crippen molar-refractivity contribution in [2.75, 3.05) is 11.4 Å². The maximum atomic E-state index is 13.0. The van der Waals surface area contributed by atoms with E-state index in [4.69, 9.17) is 34.8 Å². The first-order valence-corrected chi connectivity index (χ1v) is 7.82. The minimum atomic E-state index is -4.71. The van der Waals surface area contributed by atoms with Crippen molar-refractivity contribution in [2.24, 2.45) is 0 Å². The van der Waals surface area contributed by atoms with Crippen molar-refractivity contribution in [3.05, 3.63) is 48.2 Å². The van der Waals surface area contributed by atoms with E-state index in [1.807, 2.05) is 0 Å². The first kappa shape index (κ1) is 19.6. The SMILES string of the molecule is O=C(O)N(CC(Cl)(Cl)Cl)c1cc(C(F)(F)F)cnc1-c1ccccc1. The van der Waals surface area contributed by atoms with Gasteiger partial charge in [0.25, 0.3) is 0 Å². The quantitative estimate of drug-likeness (QED) is 0.664. The van der Waals surface area contributed by atoms with Crippen molar-refractivity contribution in [2.45, 2.75) is 9.97 Å². The molecule has 2 aromatic rings. The average Bonchev–Trinajstić information content (AvgIpc) is 2.51. The van der Waals surface area contributed by atoms with Gasteiger partial charge in [-0.2, -0.15) is 13.2 Å². The van der Waals surface area contributed by atoms with E-state index in [0.717, 1.165) is 0 Å². The number of carboxylic acid groups (broad SMARTS) is 1. The highest BCUT2D eigenvalue weighted by Gasteiger charge is 2.35. The molecule has 0 aliphatic rings. The van der Waals surface area contributed by atoms with E-state index in [1.165, 1.54) is 0 Å². The minimum absolute atomic E-state index is 0.0188. The lowest BCUT2D eigenvalue weighted by Crippen LogP contribution is -2.37. The van der Waals surface area contributed by atoms with Crippen LogP contribution in [0, 0.1) is 0 Å². The second kappa shape index (κ2) is 7.27. The molecule has 1 aromatic heterocycles. The highest BCUT2D eigenvalue weighted by Crippen LogP contribution is 2.38. The van der Waals surface area contributed by atoms with Gasteiger partial charge in [0.15, 0.2) is 0 Å². The molecule has 1 heterocycles. The summed E-state index contributed by atoms with van der Waals surface area (Å²) in [6.07, 6.45) is -5.66. The molecule has 1 amide bonds. The minimum Gasteiger partial charge on any atom is -0.465 e. The number of pyridine rings is 1. The third-order valence-corrected chi connectivity index (χ3v) is 3.46. The van der Waals surface area contributed by atoms with Crippen LogP contribution in [-0.4, -0.2) is 26.5 Å². The Hall–Kier alpha value is -1.70. The van der Waals surface area contributed by atoms with Gasteiger partial charge in [-0.1, -0.05) is 65.1 Å². The zero-order chi connectivity index (χ0) is 18.8. The molecule has 0 spiro atoms. The Labute approximate surface area is 155 Å². The molecular formula is C15H10Cl3F3N2O2. The zero-order valence-electron chi connectivity index (χ0n) is 12.3. The summed E-state index contributed by atoms with van der Waals surface area (Å²) >= 11 is 16.9. The largest absolute Gasteiger partial charge is 0.465 e. The third-order valence-electron chi connectivity index (χ3n) is 3.10. The molecule has 0 unspecified atom stereocenters. The molecule has 134 valence electrons. The molecule has 0 aliphatic heterocycles. The van der Waals surface area contributed by atoms with Crippen LogP contribution in [0.5, 0.6) is 0 Å². The van der Waals surface area contributed by atoms with Crippen molar-refractivity contribution >= 4 is 46.6 Å². The van der Waals surface area contributed by atoms with Crippen LogP contribution in [-0.2, 0) is 6.18 Å². The summed E-state index contributed by atoms with van der Waals surface area (Å²) in [6, 6.07) is 8.79. The Bertz CT molecular complexity index is 765. The van der Waals surface area contributed by atoms with E-state index in [1.54, 1.807) is 30.3 Å². The van der Waals surface area contributed by atoms with Gasteiger partial charge in [0.2, 0.25) is 3.79 Å². The van der Waals surface area contributed by atoms with Gasteiger partial charge < -0.3 is 5.11 Å². The van der Waals surface area contributed by atoms with E-state index in [-0.39, 0.29) is 11.4 Å². The van der Waals surface area contributed by atoms with Crippen LogP contribution in [0.15, 0.2) is 42.6 Å². The van der Waals surface area contributed by atoms with Gasteiger partial charge in [-0.3, -0.25) is 9.88 Å². The van der Waals surface area contributed by atoms with Crippen molar-refractivity contribution in [1.29, 1.82) is 0 Å². The number of aromatic nitrogens is 1. The van der Waals surface area contributed by atoms with Crippen molar-refractivity contribution in [3.63, 3.8) is 0 Å². The Morgan fingerprint density at radius 1 is 1.16 bits per heavy atom. The molecule has 0 aliphatic carbocycles. The monoisotopic (exact) mass is 412 g/mol. The summed E-state index contributed by atoms with van der Waals surface area (Å²) in [7, 11) is 0. The lowest BCUT2D eigenvalue weighted by atomic mass is 10.1. The summed E-state index contributed by atoms with van der Waals surface area (Å²) in [5.74, 6) is 0. The number of amides is 1. The van der Waals surface area contributed by atoms with Crippen LogP contribution in [0.2, 0.25) is 0 Å². The van der Waals surface area contributed by atoms with Gasteiger partial charge in [-0.15, -0.1) is 0 Å². The fourth-order valence-electron chi connectivity index (χ4n) is 2.07. The van der Waals surface area contributed by atoms with E-state index < -0.39 is 28.2 Å². The topological polar surface area (TPSA) is 53.4 Å². The van der Waals surface area contributed by atoms with Gasteiger partial charge in [-0.05, 0) is 6.07 Å². The lowest BCUT2D eigenvalue weighted by Gasteiger charge is -2.26. The number of anilines is 1. The standard InChI is InChI=1S/C15H10Cl3F3N2O2/c16-14(17,18)8-23(13(24)25)11-6-10(15(19,20)21)7-22-12(11)9-4-2-1-3-5-9/h1-7H,8H2,(H,24,25). The summed E-state index contributed by atoms with van der Waals surface area (Å²) in [6.45, 7) is -0.671. The fourth-order valence-corrected chi connectivity index (χ4v) is 2.43. The van der Waals surface area contributed by atoms with Gasteiger partial charge in [0.1, 0.15) is 0 Å². The number of carbonyl (C=O) groups is 1. The summed E-state index contributed by atoms with van der Waals surface area (Å²) < 4.78 is 37.0. The van der Waals surface area contributed by atoms with Crippen LogP contribution >= 0.6 is 34.8 Å². The van der Waals surface area contributed by atoms with Crippen LogP contribution < -0.4 is 4.90 Å². The van der Waals surface area contributed by atoms with E-state index in [0.29, 0.717) is 22.7 Å². The molecule has 0 saturated heterocycles. The molecule has 25 heavy (non-hydrogen) atoms. The van der Waals surface area contributed by atoms with Crippen molar-refractivity contribution < 1.29 is 23.1 Å². The number of rotatable bonds is 3. The molecule has 2 rings (SSSR count). The molecule has 4 nitrogen and oxygen atoms in total. The molecule has 10 heteroatoms. The van der Waals surface area contributed by atoms with Crippen LogP contribution in [0.25, 0.3) is 11.3 Å². The molecule has 0 fully saturated rings. The molecule has 0 saturated carbocycles. The predicted molar refractivity (Wildman–Crippen MR) is 90.3 cm³/mol. The smallest absolute Gasteiger partial charge is 0.417 e. The molecular weight excluding hydrogens is 404 g/mol. The van der Waals surface area contributed by atoms with Crippen LogP contribution in [0.4, 0.5) is 23.7 Å². The second-order valence-corrected chi connectivity index (χ2v) is 7.46. The first-order chi connectivity index (χ1) is 11.5. The highest BCUT2D eigenvalue weighted by molar-refractivity contribution is 6.68. The molecule has 0 atom stereocenters. The Morgan fingerprint density at radius 2 is 1.76 bits per heavy atom. The lowest BCUT2D eigenvalue weighted by molar-refractivity contribution is -0.137. The number of benzene rings is 1. The number of hydrogen-bond donors (Lipinski definition) is 1. The summed E-state index contributed by atoms with van der Waals surface area (Å²) in [5.41, 5.74) is -1.01. The van der Waals surface area contributed by atoms with E-state index >= 15 is 0 Å². The summed E-state index contributed by atoms with van der Waals surface area (Å²) in [5, 5.41) is 9.40. The van der Waals surface area contributed by atoms with Gasteiger partial charge in [0.05, 0.1) is 23.5 Å². The maximum absolute atomic E-state index is 13.0. The number of hydrogen-bond acceptors (Lipinski definition) is 2. The Morgan fingerprint density at radius 3 is 2.24 bits per heavy atom. The molecule has 1 aromatic carbocycles. The molecule has 0 radical (unpaired) electrons. The fraction of sp³-hybridized carbons (Fsp3) is 0.200. The van der Waals surface area contributed by atoms with E-state index in [2.05, 4.69) is 4.98 Å². The number of alkyl halides is 6. The molecule has 0 bridgehead atoms. The third kappa shape index (κ3) is 5.14. The Balaban J connectivity index is 2.67. The maximum Gasteiger partial charge on any atom is 0.417 e. The second-order valence-electron chi connectivity index (χ2n) is 4.94. The highest BCUT2D eigenvalue weighted by atomic mass is 35.6. The van der Waals surface area contributed by atoms with Crippen LogP contribution in [0.1, 0.15) is 5.56 Å². The number of nitrogens with zero attached hydrogens (tertiary/aromatic N) is 2. The predicted octanol–water partition coefficient (Wildman–Crippen LogP) is 5.62. The number of halogens is 6. The normalized spacial score (nSPS) is 12.1. The average molecular weight is 414 g/mol. The van der Waals surface area contributed by atoms with Crippen molar-refractivity contribution in [3.8, 4) is 11.3 Å². The van der Waals surface area contributed by atoms with Gasteiger partial charge >= 0.3 is 12.3 Å². The van der Waals surface area contributed by atoms with Gasteiger partial charge in [0, 0.05) is 11.8 Å². The summed E-state index contributed by atoms with van der Waals surface area (Å²) in [4.78, 5) is 15.9. The molecule has 1 N–H and O–H groups in total. The first-order valence-electron chi connectivity index (χ1n) is 6.69. The Kier molecular flexibility index (Phi) is 5.71. The van der Waals surface area contributed by atoms with Crippen molar-refractivity contribution in [1.82, 2.24) is 4.98 Å². The van der Waals surface area contributed by atoms with Gasteiger partial charge in [-0.25, -0.2) is 4.79 Å². The van der Waals surface area contributed by atoms with Crippen LogP contribution in [0.3, 0.4) is 0 Å². The van der Waals surface area contributed by atoms with E-state index in [9.17, 15) is 23.1 Å². The zero-order valence-corrected chi connectivity index (χ0v) is 14.5.